The van der Waals surface area contributed by atoms with Gasteiger partial charge in [-0.3, -0.25) is 0 Å². The molecule has 1 aliphatic rings. The van der Waals surface area contributed by atoms with E-state index in [1.807, 2.05) is 6.92 Å². The summed E-state index contributed by atoms with van der Waals surface area (Å²) in [6, 6.07) is 0.286. The molecule has 0 unspecified atom stereocenters. The van der Waals surface area contributed by atoms with E-state index in [2.05, 4.69) is 10.6 Å². The molecule has 0 radical (unpaired) electrons. The Hall–Kier alpha value is -0.810. The highest BCUT2D eigenvalue weighted by Crippen LogP contribution is 2.19. The zero-order valence-corrected chi connectivity index (χ0v) is 11.4. The number of carbonyl (C=O) groups is 1. The highest BCUT2D eigenvalue weighted by Gasteiger charge is 2.18. The van der Waals surface area contributed by atoms with Crippen molar-refractivity contribution in [1.29, 1.82) is 0 Å². The van der Waals surface area contributed by atoms with Crippen LogP contribution in [-0.4, -0.2) is 37.9 Å². The Morgan fingerprint density at radius 1 is 1.22 bits per heavy atom. The summed E-state index contributed by atoms with van der Waals surface area (Å²) in [5.41, 5.74) is 5.84. The van der Waals surface area contributed by atoms with E-state index < -0.39 is 0 Å². The predicted molar refractivity (Wildman–Crippen MR) is 72.5 cm³/mol. The van der Waals surface area contributed by atoms with E-state index in [9.17, 15) is 4.79 Å². The highest BCUT2D eigenvalue weighted by atomic mass is 16.5. The molecule has 0 bridgehead atoms. The molecule has 4 N–H and O–H groups in total. The first-order valence-corrected chi connectivity index (χ1v) is 7.11. The number of amides is 2. The Kier molecular flexibility index (Phi) is 7.76. The van der Waals surface area contributed by atoms with Crippen molar-refractivity contribution < 1.29 is 9.53 Å². The lowest BCUT2D eigenvalue weighted by Crippen LogP contribution is -2.36. The predicted octanol–water partition coefficient (Wildman–Crippen LogP) is 1.37. The van der Waals surface area contributed by atoms with E-state index in [-0.39, 0.29) is 6.03 Å². The second-order valence-corrected chi connectivity index (χ2v) is 4.94. The van der Waals surface area contributed by atoms with Gasteiger partial charge in [0.15, 0.2) is 0 Å². The highest BCUT2D eigenvalue weighted by molar-refractivity contribution is 5.73. The Morgan fingerprint density at radius 2 is 1.89 bits per heavy atom. The van der Waals surface area contributed by atoms with Crippen molar-refractivity contribution in [3.8, 4) is 0 Å². The van der Waals surface area contributed by atoms with Gasteiger partial charge in [-0.2, -0.15) is 0 Å². The van der Waals surface area contributed by atoms with Crippen LogP contribution < -0.4 is 16.4 Å². The second kappa shape index (κ2) is 9.16. The molecule has 1 rings (SSSR count). The third-order valence-electron chi connectivity index (χ3n) is 3.21. The van der Waals surface area contributed by atoms with Gasteiger partial charge in [-0.1, -0.05) is 6.92 Å². The first kappa shape index (κ1) is 15.2. The van der Waals surface area contributed by atoms with E-state index in [0.29, 0.717) is 25.3 Å². The van der Waals surface area contributed by atoms with E-state index in [1.165, 1.54) is 0 Å². The molecular formula is C13H27N3O2. The van der Waals surface area contributed by atoms with E-state index in [1.54, 1.807) is 0 Å². The summed E-state index contributed by atoms with van der Waals surface area (Å²) in [5, 5.41) is 5.58. The molecule has 5 nitrogen and oxygen atoms in total. The largest absolute Gasteiger partial charge is 0.378 e. The zero-order valence-electron chi connectivity index (χ0n) is 11.4. The lowest BCUT2D eigenvalue weighted by atomic mass is 9.94. The topological polar surface area (TPSA) is 76.4 Å². The van der Waals surface area contributed by atoms with Gasteiger partial charge in [0.05, 0.1) is 6.10 Å². The Bertz CT molecular complexity index is 228. The Morgan fingerprint density at radius 3 is 2.56 bits per heavy atom. The fourth-order valence-electron chi connectivity index (χ4n) is 2.08. The quantitative estimate of drug-likeness (QED) is 0.603. The van der Waals surface area contributed by atoms with Crippen molar-refractivity contribution in [3.63, 3.8) is 0 Å². The minimum Gasteiger partial charge on any atom is -0.378 e. The molecule has 0 aromatic rings. The van der Waals surface area contributed by atoms with Gasteiger partial charge < -0.3 is 21.1 Å². The maximum absolute atomic E-state index is 11.2. The van der Waals surface area contributed by atoms with Gasteiger partial charge in [0.1, 0.15) is 0 Å². The first-order valence-electron chi connectivity index (χ1n) is 7.11. The van der Waals surface area contributed by atoms with Crippen LogP contribution in [-0.2, 0) is 4.74 Å². The number of rotatable bonds is 7. The number of carbonyl (C=O) groups excluding carboxylic acids is 1. The smallest absolute Gasteiger partial charge is 0.314 e. The molecular weight excluding hydrogens is 230 g/mol. The molecule has 106 valence electrons. The fourth-order valence-corrected chi connectivity index (χ4v) is 2.08. The summed E-state index contributed by atoms with van der Waals surface area (Å²) in [6.45, 7) is 4.14. The van der Waals surface area contributed by atoms with Crippen molar-refractivity contribution >= 4 is 6.03 Å². The average molecular weight is 257 g/mol. The van der Waals surface area contributed by atoms with Gasteiger partial charge in [0.25, 0.3) is 0 Å². The molecule has 1 aliphatic carbocycles. The van der Waals surface area contributed by atoms with Gasteiger partial charge in [0.2, 0.25) is 0 Å². The molecule has 1 fully saturated rings. The second-order valence-electron chi connectivity index (χ2n) is 4.94. The number of nitrogens with one attached hydrogen (secondary N) is 2. The number of nitrogens with two attached hydrogens (primary N) is 1. The van der Waals surface area contributed by atoms with Gasteiger partial charge in [-0.05, 0) is 38.5 Å². The summed E-state index contributed by atoms with van der Waals surface area (Å²) >= 11 is 0. The standard InChI is InChI=1S/C13H27N3O2/c1-2-8-15-13(17)16-9-3-10-18-12-6-4-11(14)5-7-12/h11-12H,2-10,14H2,1H3,(H2,15,16,17). The summed E-state index contributed by atoms with van der Waals surface area (Å²) in [7, 11) is 0. The fraction of sp³-hybridized carbons (Fsp3) is 0.923. The van der Waals surface area contributed by atoms with Crippen LogP contribution in [0.25, 0.3) is 0 Å². The summed E-state index contributed by atoms with van der Waals surface area (Å²) < 4.78 is 5.77. The number of hydrogen-bond donors (Lipinski definition) is 3. The lowest BCUT2D eigenvalue weighted by molar-refractivity contribution is 0.0243. The van der Waals surface area contributed by atoms with E-state index in [4.69, 9.17) is 10.5 Å². The maximum atomic E-state index is 11.2. The van der Waals surface area contributed by atoms with Crippen LogP contribution in [0.2, 0.25) is 0 Å². The van der Waals surface area contributed by atoms with Crippen LogP contribution >= 0.6 is 0 Å². The van der Waals surface area contributed by atoms with Crippen molar-refractivity contribution in [2.45, 2.75) is 57.6 Å². The average Bonchev–Trinajstić information content (AvgIpc) is 2.38. The molecule has 0 heterocycles. The molecule has 2 amide bonds. The molecule has 0 aliphatic heterocycles. The van der Waals surface area contributed by atoms with Crippen molar-refractivity contribution in [3.05, 3.63) is 0 Å². The van der Waals surface area contributed by atoms with Gasteiger partial charge in [0, 0.05) is 25.7 Å². The van der Waals surface area contributed by atoms with Gasteiger partial charge in [-0.25, -0.2) is 4.79 Å². The number of ether oxygens (including phenoxy) is 1. The van der Waals surface area contributed by atoms with Crippen molar-refractivity contribution in [2.24, 2.45) is 5.73 Å². The van der Waals surface area contributed by atoms with Gasteiger partial charge >= 0.3 is 6.03 Å². The van der Waals surface area contributed by atoms with Crippen LogP contribution in [0.15, 0.2) is 0 Å². The van der Waals surface area contributed by atoms with Crippen LogP contribution in [0.3, 0.4) is 0 Å². The molecule has 5 heteroatoms. The molecule has 0 saturated heterocycles. The molecule has 0 spiro atoms. The van der Waals surface area contributed by atoms with Gasteiger partial charge in [-0.15, -0.1) is 0 Å². The SMILES string of the molecule is CCCNC(=O)NCCCOC1CCC(N)CC1. The third kappa shape index (κ3) is 6.81. The molecule has 18 heavy (non-hydrogen) atoms. The van der Waals surface area contributed by atoms with Crippen LogP contribution in [0.1, 0.15) is 45.4 Å². The Balaban J connectivity index is 1.90. The Labute approximate surface area is 110 Å². The zero-order chi connectivity index (χ0) is 13.2. The minimum absolute atomic E-state index is 0.0829. The van der Waals surface area contributed by atoms with Crippen molar-refractivity contribution in [1.82, 2.24) is 10.6 Å². The number of hydrogen-bond acceptors (Lipinski definition) is 3. The van der Waals surface area contributed by atoms with Crippen molar-refractivity contribution in [2.75, 3.05) is 19.7 Å². The summed E-state index contributed by atoms with van der Waals surface area (Å²) in [6.07, 6.45) is 6.49. The molecule has 1 saturated carbocycles. The minimum atomic E-state index is -0.0829. The summed E-state index contributed by atoms with van der Waals surface area (Å²) in [4.78, 5) is 11.2. The first-order chi connectivity index (χ1) is 8.72. The molecule has 0 aromatic heterocycles. The van der Waals surface area contributed by atoms with E-state index in [0.717, 1.165) is 45.1 Å². The monoisotopic (exact) mass is 257 g/mol. The maximum Gasteiger partial charge on any atom is 0.314 e. The molecule has 0 atom stereocenters. The lowest BCUT2D eigenvalue weighted by Gasteiger charge is -2.26. The van der Waals surface area contributed by atoms with Crippen LogP contribution in [0.5, 0.6) is 0 Å². The van der Waals surface area contributed by atoms with E-state index >= 15 is 0 Å². The van der Waals surface area contributed by atoms with Crippen LogP contribution in [0, 0.1) is 0 Å². The van der Waals surface area contributed by atoms with Crippen LogP contribution in [0.4, 0.5) is 4.79 Å². The molecule has 0 aromatic carbocycles. The normalized spacial score (nSPS) is 23.7. The third-order valence-corrected chi connectivity index (χ3v) is 3.21. The summed E-state index contributed by atoms with van der Waals surface area (Å²) in [5.74, 6) is 0. The number of urea groups is 1.